The van der Waals surface area contributed by atoms with E-state index in [9.17, 15) is 14.9 Å². The van der Waals surface area contributed by atoms with E-state index >= 15 is 0 Å². The first-order valence-corrected chi connectivity index (χ1v) is 5.09. The number of para-hydroxylation sites is 1. The van der Waals surface area contributed by atoms with Gasteiger partial charge in [-0.3, -0.25) is 14.9 Å². The maximum atomic E-state index is 12.1. The molecule has 0 fully saturated rings. The minimum absolute atomic E-state index is 0.148. The number of nitro groups is 1. The van der Waals surface area contributed by atoms with Crippen LogP contribution in [0.4, 0.5) is 11.4 Å². The fraction of sp³-hybridized carbons (Fsp3) is 0.182. The van der Waals surface area contributed by atoms with Crippen molar-refractivity contribution in [2.75, 3.05) is 18.8 Å². The summed E-state index contributed by atoms with van der Waals surface area (Å²) in [5.41, 5.74) is 4.56. The first-order chi connectivity index (χ1) is 9.02. The normalized spacial score (nSPS) is 9.16. The van der Waals surface area contributed by atoms with Gasteiger partial charge in [-0.1, -0.05) is 6.07 Å². The van der Waals surface area contributed by atoms with E-state index in [-0.39, 0.29) is 24.3 Å². The van der Waals surface area contributed by atoms with Crippen molar-refractivity contribution in [1.82, 2.24) is 4.90 Å². The number of amides is 1. The Labute approximate surface area is 108 Å². The topological polar surface area (TPSA) is 137 Å². The van der Waals surface area contributed by atoms with E-state index in [1.54, 1.807) is 12.1 Å². The molecule has 0 unspecified atom stereocenters. The summed E-state index contributed by atoms with van der Waals surface area (Å²) < 4.78 is 0. The first kappa shape index (κ1) is 13.9. The molecule has 1 rings (SSSR count). The number of nitro benzene ring substituents is 1. The van der Waals surface area contributed by atoms with Crippen LogP contribution in [0, 0.1) is 32.8 Å². The van der Waals surface area contributed by atoms with Gasteiger partial charge in [0, 0.05) is 0 Å². The molecule has 0 heterocycles. The maximum absolute atomic E-state index is 12.1. The number of nitrogens with zero attached hydrogens (tertiary/aromatic N) is 4. The number of carbonyl (C=O) groups is 1. The first-order valence-electron chi connectivity index (χ1n) is 5.09. The van der Waals surface area contributed by atoms with E-state index in [0.29, 0.717) is 0 Å². The summed E-state index contributed by atoms with van der Waals surface area (Å²) in [5, 5.41) is 28.1. The Morgan fingerprint density at radius 1 is 1.37 bits per heavy atom. The second-order valence-electron chi connectivity index (χ2n) is 3.48. The van der Waals surface area contributed by atoms with Crippen LogP contribution >= 0.6 is 0 Å². The largest absolute Gasteiger partial charge is 0.393 e. The van der Waals surface area contributed by atoms with Crippen LogP contribution in [0.1, 0.15) is 10.4 Å². The molecule has 1 aromatic rings. The van der Waals surface area contributed by atoms with Crippen molar-refractivity contribution >= 4 is 17.3 Å². The lowest BCUT2D eigenvalue weighted by Gasteiger charge is -2.15. The second-order valence-corrected chi connectivity index (χ2v) is 3.48. The number of rotatable bonds is 4. The van der Waals surface area contributed by atoms with Crippen LogP contribution in [0.5, 0.6) is 0 Å². The predicted octanol–water partition coefficient (Wildman–Crippen LogP) is 0.666. The van der Waals surface area contributed by atoms with Crippen molar-refractivity contribution in [3.8, 4) is 12.1 Å². The van der Waals surface area contributed by atoms with E-state index in [1.807, 2.05) is 0 Å². The minimum atomic E-state index is -0.776. The molecule has 0 radical (unpaired) electrons. The summed E-state index contributed by atoms with van der Waals surface area (Å²) in [5.74, 6) is -0.776. The molecule has 0 aromatic heterocycles. The molecule has 0 aliphatic heterocycles. The molecule has 2 N–H and O–H groups in total. The third-order valence-electron chi connectivity index (χ3n) is 2.29. The number of anilines is 1. The second kappa shape index (κ2) is 5.98. The fourth-order valence-corrected chi connectivity index (χ4v) is 1.48. The Morgan fingerprint density at radius 2 is 1.95 bits per heavy atom. The van der Waals surface area contributed by atoms with Crippen LogP contribution in [0.2, 0.25) is 0 Å². The quantitative estimate of drug-likeness (QED) is 0.365. The Bertz CT molecular complexity index is 583. The molecule has 8 heteroatoms. The number of nitrogens with two attached hydrogens (primary N) is 1. The van der Waals surface area contributed by atoms with Gasteiger partial charge in [0.15, 0.2) is 0 Å². The molecule has 0 bridgehead atoms. The molecule has 0 spiro atoms. The van der Waals surface area contributed by atoms with Gasteiger partial charge in [-0.05, 0) is 12.1 Å². The Hall–Kier alpha value is -3.13. The summed E-state index contributed by atoms with van der Waals surface area (Å²) in [6.45, 7) is -0.670. The van der Waals surface area contributed by atoms with Gasteiger partial charge in [0.1, 0.15) is 24.3 Å². The average molecular weight is 259 g/mol. The van der Waals surface area contributed by atoms with E-state index in [1.165, 1.54) is 18.2 Å². The molecule has 0 aliphatic carbocycles. The van der Waals surface area contributed by atoms with Crippen molar-refractivity contribution in [2.45, 2.75) is 0 Å². The van der Waals surface area contributed by atoms with Crippen molar-refractivity contribution in [3.63, 3.8) is 0 Å². The number of carbonyl (C=O) groups excluding carboxylic acids is 1. The number of benzene rings is 1. The van der Waals surface area contributed by atoms with Crippen molar-refractivity contribution in [3.05, 3.63) is 33.9 Å². The number of hydrogen-bond acceptors (Lipinski definition) is 6. The van der Waals surface area contributed by atoms with Gasteiger partial charge < -0.3 is 10.6 Å². The highest BCUT2D eigenvalue weighted by Gasteiger charge is 2.26. The van der Waals surface area contributed by atoms with Crippen LogP contribution < -0.4 is 5.73 Å². The third kappa shape index (κ3) is 2.96. The molecule has 96 valence electrons. The minimum Gasteiger partial charge on any atom is -0.393 e. The van der Waals surface area contributed by atoms with Crippen LogP contribution in [-0.2, 0) is 0 Å². The molecule has 0 saturated carbocycles. The Balaban J connectivity index is 3.26. The van der Waals surface area contributed by atoms with Gasteiger partial charge in [0.2, 0.25) is 0 Å². The monoisotopic (exact) mass is 259 g/mol. The Morgan fingerprint density at radius 3 is 2.42 bits per heavy atom. The van der Waals surface area contributed by atoms with Gasteiger partial charge in [-0.15, -0.1) is 0 Å². The molecule has 8 nitrogen and oxygen atoms in total. The summed E-state index contributed by atoms with van der Waals surface area (Å²) in [6.07, 6.45) is 0. The van der Waals surface area contributed by atoms with Crippen LogP contribution in [0.3, 0.4) is 0 Å². The zero-order valence-corrected chi connectivity index (χ0v) is 9.74. The van der Waals surface area contributed by atoms with Gasteiger partial charge in [-0.2, -0.15) is 10.5 Å². The van der Waals surface area contributed by atoms with E-state index in [4.69, 9.17) is 16.3 Å². The standard InChI is InChI=1S/C11H9N5O3/c12-4-6-15(7-5-13)11(17)8-2-1-3-9(14)10(8)16(18)19/h1-3H,6-7,14H2. The van der Waals surface area contributed by atoms with E-state index < -0.39 is 16.5 Å². The Kier molecular flexibility index (Phi) is 4.39. The molecule has 0 saturated heterocycles. The summed E-state index contributed by atoms with van der Waals surface area (Å²) in [7, 11) is 0. The summed E-state index contributed by atoms with van der Waals surface area (Å²) in [6, 6.07) is 7.37. The molecule has 19 heavy (non-hydrogen) atoms. The van der Waals surface area contributed by atoms with Gasteiger partial charge >= 0.3 is 5.69 Å². The molecular weight excluding hydrogens is 250 g/mol. The average Bonchev–Trinajstić information content (AvgIpc) is 2.37. The van der Waals surface area contributed by atoms with E-state index in [0.717, 1.165) is 4.90 Å². The van der Waals surface area contributed by atoms with Crippen molar-refractivity contribution in [1.29, 1.82) is 10.5 Å². The van der Waals surface area contributed by atoms with Crippen LogP contribution in [0.15, 0.2) is 18.2 Å². The molecule has 0 atom stereocenters. The molecular formula is C11H9N5O3. The highest BCUT2D eigenvalue weighted by atomic mass is 16.6. The maximum Gasteiger partial charge on any atom is 0.304 e. The number of nitriles is 2. The van der Waals surface area contributed by atoms with Gasteiger partial charge in [0.25, 0.3) is 5.91 Å². The zero-order valence-electron chi connectivity index (χ0n) is 9.74. The smallest absolute Gasteiger partial charge is 0.304 e. The van der Waals surface area contributed by atoms with Crippen LogP contribution in [0.25, 0.3) is 0 Å². The molecule has 0 aliphatic rings. The lowest BCUT2D eigenvalue weighted by Crippen LogP contribution is -2.32. The molecule has 1 amide bonds. The number of nitrogen functional groups attached to an aromatic ring is 1. The van der Waals surface area contributed by atoms with Gasteiger partial charge in [-0.25, -0.2) is 0 Å². The van der Waals surface area contributed by atoms with Crippen molar-refractivity contribution in [2.24, 2.45) is 0 Å². The summed E-state index contributed by atoms with van der Waals surface area (Å²) >= 11 is 0. The van der Waals surface area contributed by atoms with Gasteiger partial charge in [0.05, 0.1) is 17.1 Å². The lowest BCUT2D eigenvalue weighted by molar-refractivity contribution is -0.384. The van der Waals surface area contributed by atoms with Crippen LogP contribution in [-0.4, -0.2) is 28.8 Å². The lowest BCUT2D eigenvalue weighted by atomic mass is 10.1. The third-order valence-corrected chi connectivity index (χ3v) is 2.29. The SMILES string of the molecule is N#CCN(CC#N)C(=O)c1cccc(N)c1[N+](=O)[O-]. The predicted molar refractivity (Wildman–Crippen MR) is 64.6 cm³/mol. The summed E-state index contributed by atoms with van der Waals surface area (Å²) in [4.78, 5) is 23.1. The van der Waals surface area contributed by atoms with E-state index in [2.05, 4.69) is 0 Å². The highest BCUT2D eigenvalue weighted by Crippen LogP contribution is 2.26. The highest BCUT2D eigenvalue weighted by molar-refractivity contribution is 6.00. The zero-order chi connectivity index (χ0) is 14.4. The fourth-order valence-electron chi connectivity index (χ4n) is 1.48. The van der Waals surface area contributed by atoms with Crippen molar-refractivity contribution < 1.29 is 9.72 Å². The molecule has 1 aromatic carbocycles. The number of hydrogen-bond donors (Lipinski definition) is 1.